The van der Waals surface area contributed by atoms with Crippen molar-refractivity contribution >= 4 is 28.3 Å². The van der Waals surface area contributed by atoms with E-state index in [9.17, 15) is 14.7 Å². The summed E-state index contributed by atoms with van der Waals surface area (Å²) in [5.74, 6) is -1.93. The standard InChI is InChI=1S/C12H17N3O4S/c1-2-3-15(9-5-19-4-7(9)11(17)18)10(16)8-6-20-12(13)14-8/h6-7,9H,2-5H2,1H3,(H2,13,14)(H,17,18). The molecule has 1 saturated heterocycles. The zero-order valence-electron chi connectivity index (χ0n) is 11.1. The number of nitrogens with two attached hydrogens (primary N) is 1. The number of aromatic nitrogens is 1. The third-order valence-corrected chi connectivity index (χ3v) is 3.91. The number of aliphatic carboxylic acids is 1. The topological polar surface area (TPSA) is 106 Å². The second-order valence-corrected chi connectivity index (χ2v) is 5.51. The van der Waals surface area contributed by atoms with Gasteiger partial charge in [0.1, 0.15) is 11.6 Å². The Bertz CT molecular complexity index is 505. The number of anilines is 1. The summed E-state index contributed by atoms with van der Waals surface area (Å²) in [6, 6.07) is -0.456. The summed E-state index contributed by atoms with van der Waals surface area (Å²) in [6.07, 6.45) is 0.730. The maximum atomic E-state index is 12.5. The Morgan fingerprint density at radius 1 is 1.60 bits per heavy atom. The quantitative estimate of drug-likeness (QED) is 0.828. The molecule has 0 aliphatic carbocycles. The van der Waals surface area contributed by atoms with Crippen molar-refractivity contribution in [1.82, 2.24) is 9.88 Å². The van der Waals surface area contributed by atoms with E-state index in [1.54, 1.807) is 10.3 Å². The van der Waals surface area contributed by atoms with Gasteiger partial charge in [-0.15, -0.1) is 11.3 Å². The number of nitrogens with zero attached hydrogens (tertiary/aromatic N) is 2. The molecule has 20 heavy (non-hydrogen) atoms. The van der Waals surface area contributed by atoms with Crippen LogP contribution in [0.25, 0.3) is 0 Å². The minimum atomic E-state index is -0.945. The Balaban J connectivity index is 2.22. The van der Waals surface area contributed by atoms with E-state index in [1.165, 1.54) is 11.3 Å². The molecule has 0 radical (unpaired) electrons. The van der Waals surface area contributed by atoms with Crippen LogP contribution in [0.5, 0.6) is 0 Å². The van der Waals surface area contributed by atoms with Crippen LogP contribution in [0.4, 0.5) is 5.13 Å². The molecule has 1 amide bonds. The van der Waals surface area contributed by atoms with Gasteiger partial charge in [0, 0.05) is 11.9 Å². The fourth-order valence-electron chi connectivity index (χ4n) is 2.28. The highest BCUT2D eigenvalue weighted by molar-refractivity contribution is 7.13. The zero-order chi connectivity index (χ0) is 14.7. The molecule has 0 saturated carbocycles. The lowest BCUT2D eigenvalue weighted by Crippen LogP contribution is -2.47. The third-order valence-electron chi connectivity index (χ3n) is 3.23. The van der Waals surface area contributed by atoms with Crippen LogP contribution >= 0.6 is 11.3 Å². The summed E-state index contributed by atoms with van der Waals surface area (Å²) < 4.78 is 5.23. The van der Waals surface area contributed by atoms with Crippen LogP contribution in [-0.2, 0) is 9.53 Å². The van der Waals surface area contributed by atoms with E-state index in [-0.39, 0.29) is 24.8 Å². The number of ether oxygens (including phenoxy) is 1. The minimum Gasteiger partial charge on any atom is -0.481 e. The molecule has 2 atom stereocenters. The summed E-state index contributed by atoms with van der Waals surface area (Å²) in [5.41, 5.74) is 5.80. The number of hydrogen-bond acceptors (Lipinski definition) is 6. The number of hydrogen-bond donors (Lipinski definition) is 2. The third kappa shape index (κ3) is 2.91. The first-order chi connectivity index (χ1) is 9.54. The van der Waals surface area contributed by atoms with Gasteiger partial charge in [-0.25, -0.2) is 4.98 Å². The van der Waals surface area contributed by atoms with Crippen molar-refractivity contribution < 1.29 is 19.4 Å². The predicted molar refractivity (Wildman–Crippen MR) is 73.6 cm³/mol. The molecular formula is C12H17N3O4S. The lowest BCUT2D eigenvalue weighted by molar-refractivity contribution is -0.142. The van der Waals surface area contributed by atoms with Crippen LogP contribution < -0.4 is 5.73 Å². The molecular weight excluding hydrogens is 282 g/mol. The van der Waals surface area contributed by atoms with E-state index in [4.69, 9.17) is 10.5 Å². The lowest BCUT2D eigenvalue weighted by Gasteiger charge is -2.29. The van der Waals surface area contributed by atoms with Gasteiger partial charge in [-0.2, -0.15) is 0 Å². The van der Waals surface area contributed by atoms with Gasteiger partial charge in [0.15, 0.2) is 5.13 Å². The molecule has 7 nitrogen and oxygen atoms in total. The Hall–Kier alpha value is -1.67. The average Bonchev–Trinajstić information content (AvgIpc) is 3.03. The molecule has 0 spiro atoms. The average molecular weight is 299 g/mol. The summed E-state index contributed by atoms with van der Waals surface area (Å²) in [6.45, 7) is 2.77. The molecule has 8 heteroatoms. The van der Waals surface area contributed by atoms with Crippen LogP contribution in [0.15, 0.2) is 5.38 Å². The summed E-state index contributed by atoms with van der Waals surface area (Å²) in [4.78, 5) is 29.2. The van der Waals surface area contributed by atoms with Crippen LogP contribution in [0, 0.1) is 5.92 Å². The first kappa shape index (κ1) is 14.7. The molecule has 1 aromatic heterocycles. The second kappa shape index (κ2) is 6.19. The minimum absolute atomic E-state index is 0.132. The van der Waals surface area contributed by atoms with E-state index in [1.807, 2.05) is 6.92 Å². The highest BCUT2D eigenvalue weighted by atomic mass is 32.1. The van der Waals surface area contributed by atoms with E-state index < -0.39 is 17.9 Å². The number of carboxylic acids is 1. The van der Waals surface area contributed by atoms with Gasteiger partial charge >= 0.3 is 5.97 Å². The Labute approximate surface area is 120 Å². The highest BCUT2D eigenvalue weighted by Gasteiger charge is 2.40. The van der Waals surface area contributed by atoms with E-state index in [2.05, 4.69) is 4.98 Å². The highest BCUT2D eigenvalue weighted by Crippen LogP contribution is 2.23. The molecule has 2 heterocycles. The van der Waals surface area contributed by atoms with Crippen LogP contribution in [-0.4, -0.2) is 52.7 Å². The molecule has 1 aliphatic rings. The number of carbonyl (C=O) groups excluding carboxylic acids is 1. The Morgan fingerprint density at radius 2 is 2.35 bits per heavy atom. The van der Waals surface area contributed by atoms with Gasteiger partial charge in [0.05, 0.1) is 19.3 Å². The lowest BCUT2D eigenvalue weighted by atomic mass is 10.0. The van der Waals surface area contributed by atoms with Gasteiger partial charge in [-0.05, 0) is 6.42 Å². The fraction of sp³-hybridized carbons (Fsp3) is 0.583. The van der Waals surface area contributed by atoms with Crippen molar-refractivity contribution in [2.24, 2.45) is 5.92 Å². The maximum Gasteiger partial charge on any atom is 0.311 e. The van der Waals surface area contributed by atoms with Gasteiger partial charge in [0.2, 0.25) is 0 Å². The Morgan fingerprint density at radius 3 is 2.90 bits per heavy atom. The predicted octanol–water partition coefficient (Wildman–Crippen LogP) is 0.677. The molecule has 0 aromatic carbocycles. The van der Waals surface area contributed by atoms with E-state index in [0.717, 1.165) is 6.42 Å². The van der Waals surface area contributed by atoms with Gasteiger partial charge in [-0.3, -0.25) is 9.59 Å². The Kier molecular flexibility index (Phi) is 4.56. The second-order valence-electron chi connectivity index (χ2n) is 4.62. The zero-order valence-corrected chi connectivity index (χ0v) is 11.9. The molecule has 2 unspecified atom stereocenters. The number of thiazole rings is 1. The van der Waals surface area contributed by atoms with Crippen LogP contribution in [0.1, 0.15) is 23.8 Å². The van der Waals surface area contributed by atoms with E-state index >= 15 is 0 Å². The molecule has 3 N–H and O–H groups in total. The largest absolute Gasteiger partial charge is 0.481 e. The van der Waals surface area contributed by atoms with Gasteiger partial charge in [-0.1, -0.05) is 6.92 Å². The van der Waals surface area contributed by atoms with Crippen molar-refractivity contribution in [1.29, 1.82) is 0 Å². The van der Waals surface area contributed by atoms with Crippen molar-refractivity contribution in [2.75, 3.05) is 25.5 Å². The van der Waals surface area contributed by atoms with Crippen molar-refractivity contribution in [3.05, 3.63) is 11.1 Å². The summed E-state index contributed by atoms with van der Waals surface area (Å²) >= 11 is 1.19. The molecule has 0 bridgehead atoms. The number of amides is 1. The van der Waals surface area contributed by atoms with Gasteiger partial charge in [0.25, 0.3) is 5.91 Å². The first-order valence-corrected chi connectivity index (χ1v) is 7.25. The maximum absolute atomic E-state index is 12.5. The molecule has 110 valence electrons. The summed E-state index contributed by atoms with van der Waals surface area (Å²) in [7, 11) is 0. The van der Waals surface area contributed by atoms with Crippen molar-refractivity contribution in [3.63, 3.8) is 0 Å². The fourth-order valence-corrected chi connectivity index (χ4v) is 2.81. The van der Waals surface area contributed by atoms with E-state index in [0.29, 0.717) is 11.7 Å². The van der Waals surface area contributed by atoms with Crippen molar-refractivity contribution in [2.45, 2.75) is 19.4 Å². The number of carboxylic acid groups (broad SMARTS) is 1. The number of carbonyl (C=O) groups is 2. The molecule has 1 aliphatic heterocycles. The SMILES string of the molecule is CCCN(C(=O)c1csc(N)n1)C1COCC1C(=O)O. The monoisotopic (exact) mass is 299 g/mol. The van der Waals surface area contributed by atoms with Crippen LogP contribution in [0.3, 0.4) is 0 Å². The van der Waals surface area contributed by atoms with Crippen LogP contribution in [0.2, 0.25) is 0 Å². The molecule has 1 fully saturated rings. The number of nitrogen functional groups attached to an aromatic ring is 1. The number of rotatable bonds is 5. The van der Waals surface area contributed by atoms with Crippen molar-refractivity contribution in [3.8, 4) is 0 Å². The summed E-state index contributed by atoms with van der Waals surface area (Å²) in [5, 5.41) is 11.1. The normalized spacial score (nSPS) is 21.9. The molecule has 2 rings (SSSR count). The van der Waals surface area contributed by atoms with Gasteiger partial charge < -0.3 is 20.5 Å². The first-order valence-electron chi connectivity index (χ1n) is 6.37. The molecule has 1 aromatic rings. The smallest absolute Gasteiger partial charge is 0.311 e.